The van der Waals surface area contributed by atoms with Gasteiger partial charge in [0.25, 0.3) is 0 Å². The van der Waals surface area contributed by atoms with Crippen LogP contribution in [0.3, 0.4) is 0 Å². The van der Waals surface area contributed by atoms with Crippen molar-refractivity contribution in [3.8, 4) is 12.1 Å². The number of nitrogens with zero attached hydrogens (tertiary/aromatic N) is 2. The molecule has 2 aromatic rings. The van der Waals surface area contributed by atoms with E-state index in [-0.39, 0.29) is 11.1 Å². The predicted molar refractivity (Wildman–Crippen MR) is 121 cm³/mol. The molecule has 0 aliphatic heterocycles. The summed E-state index contributed by atoms with van der Waals surface area (Å²) in [5, 5.41) is 32.1. The van der Waals surface area contributed by atoms with Crippen LogP contribution in [0.15, 0.2) is 64.8 Å². The molecule has 0 unspecified atom stereocenters. The second-order valence-corrected chi connectivity index (χ2v) is 8.50. The molecule has 3 rings (SSSR count). The average molecular weight is 481 g/mol. The first kappa shape index (κ1) is 24.8. The molecular weight excluding hydrogens is 459 g/mol. The van der Waals surface area contributed by atoms with Crippen molar-refractivity contribution < 1.29 is 28.6 Å². The van der Waals surface area contributed by atoms with E-state index >= 15 is 0 Å². The van der Waals surface area contributed by atoms with Gasteiger partial charge in [-0.05, 0) is 41.6 Å². The Morgan fingerprint density at radius 1 is 1.00 bits per heavy atom. The quantitative estimate of drug-likeness (QED) is 0.498. The minimum atomic E-state index is -2.06. The van der Waals surface area contributed by atoms with Crippen LogP contribution >= 0.6 is 11.8 Å². The first-order valence-electron chi connectivity index (χ1n) is 10.1. The van der Waals surface area contributed by atoms with Crippen LogP contribution in [0.5, 0.6) is 0 Å². The summed E-state index contributed by atoms with van der Waals surface area (Å²) in [6.07, 6.45) is 1.88. The Hall–Kier alpha value is -3.82. The van der Waals surface area contributed by atoms with E-state index in [1.165, 1.54) is 23.9 Å². The molecule has 1 N–H and O–H groups in total. The number of carbonyl (C=O) groups is 2. The van der Waals surface area contributed by atoms with Crippen LogP contribution in [-0.4, -0.2) is 37.5 Å². The molecule has 174 valence electrons. The van der Waals surface area contributed by atoms with Gasteiger partial charge in [0.2, 0.25) is 0 Å². The minimum absolute atomic E-state index is 0.251. The van der Waals surface area contributed by atoms with Gasteiger partial charge in [-0.1, -0.05) is 24.3 Å². The average Bonchev–Trinajstić information content (AvgIpc) is 2.87. The lowest BCUT2D eigenvalue weighted by atomic mass is 9.54. The number of methoxy groups -OCH3 is 2. The molecule has 0 radical (unpaired) electrons. The zero-order chi connectivity index (χ0) is 25.0. The number of esters is 2. The van der Waals surface area contributed by atoms with Crippen LogP contribution < -0.4 is 0 Å². The number of hydrogen-bond donors (Lipinski definition) is 1. The maximum atomic E-state index is 13.7. The largest absolute Gasteiger partial charge is 0.511 e. The summed E-state index contributed by atoms with van der Waals surface area (Å²) in [4.78, 5) is 26.6. The second-order valence-electron chi connectivity index (χ2n) is 7.62. The molecule has 1 aliphatic carbocycles. The van der Waals surface area contributed by atoms with Gasteiger partial charge in [-0.3, -0.25) is 4.79 Å². The molecule has 9 heteroatoms. The van der Waals surface area contributed by atoms with Crippen molar-refractivity contribution in [2.45, 2.75) is 16.7 Å². The lowest BCUT2D eigenvalue weighted by Crippen LogP contribution is -2.47. The number of nitriles is 2. The highest BCUT2D eigenvalue weighted by Crippen LogP contribution is 2.59. The van der Waals surface area contributed by atoms with Crippen LogP contribution in [-0.2, 0) is 19.1 Å². The predicted octanol–water partition coefficient (Wildman–Crippen LogP) is 4.24. The Morgan fingerprint density at radius 3 is 2.03 bits per heavy atom. The third-order valence-corrected chi connectivity index (χ3v) is 6.79. The van der Waals surface area contributed by atoms with Crippen LogP contribution in [0.1, 0.15) is 23.0 Å². The number of thioether (sulfide) groups is 1. The monoisotopic (exact) mass is 480 g/mol. The van der Waals surface area contributed by atoms with Crippen molar-refractivity contribution >= 4 is 23.7 Å². The highest BCUT2D eigenvalue weighted by atomic mass is 32.2. The number of halogens is 1. The lowest BCUT2D eigenvalue weighted by molar-refractivity contribution is -0.147. The van der Waals surface area contributed by atoms with E-state index in [1.54, 1.807) is 24.3 Å². The summed E-state index contributed by atoms with van der Waals surface area (Å²) in [5.74, 6) is -7.31. The molecule has 0 heterocycles. The first-order valence-corrected chi connectivity index (χ1v) is 11.3. The van der Waals surface area contributed by atoms with Gasteiger partial charge in [-0.25, -0.2) is 9.18 Å². The molecule has 0 bridgehead atoms. The van der Waals surface area contributed by atoms with Crippen LogP contribution in [0.2, 0.25) is 0 Å². The Kier molecular flexibility index (Phi) is 7.29. The van der Waals surface area contributed by atoms with Crippen molar-refractivity contribution in [2.24, 2.45) is 11.3 Å². The molecule has 0 saturated carbocycles. The first-order chi connectivity index (χ1) is 16.3. The van der Waals surface area contributed by atoms with Gasteiger partial charge >= 0.3 is 11.9 Å². The van der Waals surface area contributed by atoms with Crippen molar-refractivity contribution in [3.63, 3.8) is 0 Å². The van der Waals surface area contributed by atoms with Gasteiger partial charge in [0.15, 0.2) is 5.41 Å². The van der Waals surface area contributed by atoms with E-state index in [0.717, 1.165) is 31.2 Å². The fraction of sp³-hybridized carbons (Fsp3) is 0.280. The van der Waals surface area contributed by atoms with Gasteiger partial charge < -0.3 is 14.6 Å². The zero-order valence-electron chi connectivity index (χ0n) is 18.6. The zero-order valence-corrected chi connectivity index (χ0v) is 19.4. The van der Waals surface area contributed by atoms with Gasteiger partial charge in [-0.15, -0.1) is 11.8 Å². The summed E-state index contributed by atoms with van der Waals surface area (Å²) in [7, 11) is 2.18. The van der Waals surface area contributed by atoms with Gasteiger partial charge in [0.05, 0.1) is 37.8 Å². The second kappa shape index (κ2) is 9.98. The molecule has 2 aromatic carbocycles. The fourth-order valence-corrected chi connectivity index (χ4v) is 4.90. The molecule has 0 saturated heterocycles. The molecule has 0 spiro atoms. The third kappa shape index (κ3) is 4.00. The molecule has 0 fully saturated rings. The Morgan fingerprint density at radius 2 is 1.56 bits per heavy atom. The number of rotatable bonds is 5. The number of benzene rings is 2. The number of carbonyl (C=O) groups excluding carboxylic acids is 2. The highest BCUT2D eigenvalue weighted by Gasteiger charge is 2.61. The van der Waals surface area contributed by atoms with Crippen LogP contribution in [0.4, 0.5) is 4.39 Å². The molecular formula is C25H21FN2O5S. The van der Waals surface area contributed by atoms with E-state index in [1.807, 2.05) is 18.4 Å². The summed E-state index contributed by atoms with van der Waals surface area (Å²) in [6.45, 7) is 0. The number of aliphatic hydroxyl groups excluding tert-OH is 1. The Bertz CT molecular complexity index is 1200. The SMILES string of the molecule is COC(=O)C1=C(O)[C@H](C(=O)OC)[C@@H](c2ccc(F)cc2)C(C#N)(C#N)[C@H]1c1ccc(SC)cc1. The highest BCUT2D eigenvalue weighted by molar-refractivity contribution is 7.98. The van der Waals surface area contributed by atoms with Gasteiger partial charge in [0.1, 0.15) is 17.5 Å². The Balaban J connectivity index is 2.45. The standard InChI is InChI=1S/C25H21FN2O5S/c1-32-23(30)18-20(14-4-8-16(26)9-5-14)25(12-27,13-28)21(19(22(18)29)24(31)33-2)15-6-10-17(34-3)11-7-15/h4-11,18,20-21,29H,1-3H3/t18-,20-,21+/m1/s1. The number of aliphatic hydroxyl groups is 1. The summed E-state index contributed by atoms with van der Waals surface area (Å²) in [6, 6.07) is 15.8. The van der Waals surface area contributed by atoms with E-state index in [4.69, 9.17) is 9.47 Å². The normalized spacial score (nSPS) is 21.2. The summed E-state index contributed by atoms with van der Waals surface area (Å²) in [5.41, 5.74) is -1.80. The Labute approximate surface area is 200 Å². The van der Waals surface area contributed by atoms with Crippen molar-refractivity contribution in [2.75, 3.05) is 20.5 Å². The van der Waals surface area contributed by atoms with Crippen molar-refractivity contribution in [3.05, 3.63) is 76.8 Å². The van der Waals surface area contributed by atoms with Gasteiger partial charge in [-0.2, -0.15) is 10.5 Å². The smallest absolute Gasteiger partial charge is 0.337 e. The molecule has 0 aromatic heterocycles. The number of ether oxygens (including phenoxy) is 2. The van der Waals surface area contributed by atoms with E-state index < -0.39 is 46.7 Å². The molecule has 0 amide bonds. The maximum absolute atomic E-state index is 13.7. The maximum Gasteiger partial charge on any atom is 0.337 e. The summed E-state index contributed by atoms with van der Waals surface area (Å²) >= 11 is 1.47. The van der Waals surface area contributed by atoms with Crippen LogP contribution in [0, 0.1) is 39.8 Å². The number of hydrogen-bond acceptors (Lipinski definition) is 8. The van der Waals surface area contributed by atoms with Crippen LogP contribution in [0.25, 0.3) is 0 Å². The van der Waals surface area contributed by atoms with Gasteiger partial charge in [0, 0.05) is 10.8 Å². The lowest BCUT2D eigenvalue weighted by Gasteiger charge is -2.44. The molecule has 3 atom stereocenters. The van der Waals surface area contributed by atoms with Crippen molar-refractivity contribution in [1.29, 1.82) is 10.5 Å². The fourth-order valence-electron chi connectivity index (χ4n) is 4.50. The molecule has 7 nitrogen and oxygen atoms in total. The van der Waals surface area contributed by atoms with Crippen molar-refractivity contribution in [1.82, 2.24) is 0 Å². The minimum Gasteiger partial charge on any atom is -0.511 e. The molecule has 1 aliphatic rings. The third-order valence-electron chi connectivity index (χ3n) is 6.05. The van der Waals surface area contributed by atoms with E-state index in [9.17, 15) is 29.6 Å². The van der Waals surface area contributed by atoms with E-state index in [2.05, 4.69) is 0 Å². The topological polar surface area (TPSA) is 120 Å². The molecule has 34 heavy (non-hydrogen) atoms. The van der Waals surface area contributed by atoms with E-state index in [0.29, 0.717) is 5.56 Å². The summed E-state index contributed by atoms with van der Waals surface area (Å²) < 4.78 is 23.4.